The Hall–Kier alpha value is -6.06. The number of anilines is 2. The van der Waals surface area contributed by atoms with Crippen molar-refractivity contribution in [1.29, 1.82) is 0 Å². The lowest BCUT2D eigenvalue weighted by Gasteiger charge is -2.26. The number of rotatable bonds is 3. The van der Waals surface area contributed by atoms with Crippen molar-refractivity contribution in [3.05, 3.63) is 65.0 Å². The Morgan fingerprint density at radius 3 is 2.13 bits per heavy atom. The van der Waals surface area contributed by atoms with Crippen LogP contribution in [0.1, 0.15) is 89.3 Å². The Kier molecular flexibility index (Phi) is 10.2. The second-order valence-corrected chi connectivity index (χ2v) is 13.9. The van der Waals surface area contributed by atoms with Gasteiger partial charge in [0, 0.05) is 43.4 Å². The summed E-state index contributed by atoms with van der Waals surface area (Å²) >= 11 is 0. The number of aromatic nitrogens is 6. The zero-order valence-corrected chi connectivity index (χ0v) is 31.0. The van der Waals surface area contributed by atoms with Gasteiger partial charge < -0.3 is 19.6 Å². The number of likely N-dealkylation sites (N-methyl/N-ethyl adjacent to an activating group) is 1. The molecule has 0 saturated carbocycles. The molecule has 2 aromatic carbocycles. The number of methoxy groups -OCH3 is 1. The topological polar surface area (TPSA) is 197 Å². The molecule has 16 nitrogen and oxygen atoms in total. The highest BCUT2D eigenvalue weighted by atomic mass is 16.5. The minimum Gasteiger partial charge on any atom is -0.465 e. The molecule has 3 aromatic heterocycles. The third kappa shape index (κ3) is 7.02. The van der Waals surface area contributed by atoms with Crippen molar-refractivity contribution in [3.8, 4) is 0 Å². The Bertz CT molecular complexity index is 2300. The molecule has 2 aliphatic heterocycles. The monoisotopic (exact) mass is 735 g/mol. The van der Waals surface area contributed by atoms with E-state index < -0.39 is 17.9 Å². The van der Waals surface area contributed by atoms with Crippen LogP contribution in [-0.4, -0.2) is 83.0 Å². The number of benzene rings is 2. The van der Waals surface area contributed by atoms with Crippen LogP contribution in [0, 0.1) is 12.8 Å². The van der Waals surface area contributed by atoms with Gasteiger partial charge in [0.15, 0.2) is 0 Å². The molecule has 0 saturated heterocycles. The van der Waals surface area contributed by atoms with Crippen LogP contribution >= 0.6 is 0 Å². The Labute approximate surface area is 311 Å². The molecule has 5 aromatic rings. The molecule has 0 spiro atoms. The number of imidazole rings is 2. The molecule has 4 N–H and O–H groups in total. The number of fused-ring (bicyclic) bond motifs is 8. The number of esters is 1. The van der Waals surface area contributed by atoms with Crippen LogP contribution in [-0.2, 0) is 29.2 Å². The van der Waals surface area contributed by atoms with Crippen LogP contribution in [0.3, 0.4) is 0 Å². The van der Waals surface area contributed by atoms with E-state index >= 15 is 0 Å². The summed E-state index contributed by atoms with van der Waals surface area (Å²) in [4.78, 5) is 61.9. The van der Waals surface area contributed by atoms with Crippen LogP contribution in [0.25, 0.3) is 22.1 Å². The standard InChI is InChI=1S/C38H45N11O5/c1-5-48-32-26(23(3)45-48)11-7-6-8-18-49-31(19-22(2)44-49)34(51)42-37-41-28-21-25(36(53)54-4)13-15-30(28)46(37)16-9-10-17-47-29-14-12-24(33(39)50)20-27(29)40-38(47)43-35(32)52/h12-15,19-21,26,32H,5-11,16-18H2,1-4H3,(H2,39,50)(H,40,43,52)(H,41,42,51). The van der Waals surface area contributed by atoms with Crippen LogP contribution < -0.4 is 16.4 Å². The number of carbonyl (C=O) groups excluding carboxylic acids is 4. The smallest absolute Gasteiger partial charge is 0.337 e. The Morgan fingerprint density at radius 2 is 1.48 bits per heavy atom. The fraction of sp³-hybridized carbons (Fsp3) is 0.421. The summed E-state index contributed by atoms with van der Waals surface area (Å²) in [5.41, 5.74) is 10.9. The van der Waals surface area contributed by atoms with Crippen molar-refractivity contribution < 1.29 is 23.9 Å². The molecule has 0 bridgehead atoms. The first kappa shape index (κ1) is 36.3. The lowest BCUT2D eigenvalue weighted by Crippen LogP contribution is -2.44. The highest BCUT2D eigenvalue weighted by molar-refractivity contribution is 6.04. The van der Waals surface area contributed by atoms with Crippen LogP contribution in [0.5, 0.6) is 0 Å². The van der Waals surface area contributed by atoms with Gasteiger partial charge in [0.05, 0.1) is 40.4 Å². The number of hydrazone groups is 1. The zero-order valence-electron chi connectivity index (χ0n) is 31.0. The van der Waals surface area contributed by atoms with Crippen molar-refractivity contribution in [2.45, 2.75) is 85.0 Å². The molecular formula is C38H45N11O5. The second-order valence-electron chi connectivity index (χ2n) is 13.9. The fourth-order valence-electron chi connectivity index (χ4n) is 7.62. The van der Waals surface area contributed by atoms with Crippen molar-refractivity contribution >= 4 is 63.4 Å². The normalized spacial score (nSPS) is 18.8. The average molecular weight is 736 g/mol. The van der Waals surface area contributed by atoms with E-state index in [-0.39, 0.29) is 17.7 Å². The molecule has 16 heteroatoms. The van der Waals surface area contributed by atoms with Gasteiger partial charge in [-0.3, -0.25) is 34.7 Å². The van der Waals surface area contributed by atoms with Gasteiger partial charge in [-0.15, -0.1) is 0 Å². The van der Waals surface area contributed by atoms with Gasteiger partial charge in [0.25, 0.3) is 11.8 Å². The van der Waals surface area contributed by atoms with Crippen LogP contribution in [0.15, 0.2) is 47.6 Å². The maximum atomic E-state index is 14.2. The van der Waals surface area contributed by atoms with Gasteiger partial charge in [-0.05, 0) is 88.9 Å². The maximum absolute atomic E-state index is 14.2. The van der Waals surface area contributed by atoms with Gasteiger partial charge in [-0.2, -0.15) is 10.2 Å². The molecular weight excluding hydrogens is 690 g/mol. The highest BCUT2D eigenvalue weighted by Gasteiger charge is 2.40. The lowest BCUT2D eigenvalue weighted by molar-refractivity contribution is -0.121. The molecule has 3 amide bonds. The summed E-state index contributed by atoms with van der Waals surface area (Å²) < 4.78 is 10.6. The number of amides is 3. The number of hydrogen-bond acceptors (Lipinski definition) is 10. The predicted octanol–water partition coefficient (Wildman–Crippen LogP) is 4.72. The zero-order chi connectivity index (χ0) is 38.1. The van der Waals surface area contributed by atoms with E-state index in [1.807, 2.05) is 34.9 Å². The minimum absolute atomic E-state index is 0.0764. The molecule has 2 atom stereocenters. The van der Waals surface area contributed by atoms with E-state index in [0.717, 1.165) is 48.1 Å². The summed E-state index contributed by atoms with van der Waals surface area (Å²) in [7, 11) is 1.32. The van der Waals surface area contributed by atoms with Gasteiger partial charge in [-0.1, -0.05) is 12.8 Å². The fourth-order valence-corrected chi connectivity index (χ4v) is 7.62. The molecule has 0 fully saturated rings. The molecule has 54 heavy (non-hydrogen) atoms. The molecule has 0 aliphatic carbocycles. The molecule has 5 heterocycles. The summed E-state index contributed by atoms with van der Waals surface area (Å²) in [6.45, 7) is 7.91. The van der Waals surface area contributed by atoms with Crippen LogP contribution in [0.2, 0.25) is 0 Å². The van der Waals surface area contributed by atoms with Gasteiger partial charge >= 0.3 is 5.97 Å². The van der Waals surface area contributed by atoms with Crippen molar-refractivity contribution in [3.63, 3.8) is 0 Å². The van der Waals surface area contributed by atoms with E-state index in [9.17, 15) is 19.2 Å². The molecule has 2 unspecified atom stereocenters. The third-order valence-electron chi connectivity index (χ3n) is 10.3. The highest BCUT2D eigenvalue weighted by Crippen LogP contribution is 2.30. The molecule has 7 rings (SSSR count). The van der Waals surface area contributed by atoms with Gasteiger partial charge in [0.2, 0.25) is 17.8 Å². The molecule has 2 aliphatic rings. The number of primary amides is 1. The Morgan fingerprint density at radius 1 is 0.852 bits per heavy atom. The van der Waals surface area contributed by atoms with E-state index in [1.54, 1.807) is 47.1 Å². The van der Waals surface area contributed by atoms with E-state index in [0.29, 0.717) is 78.8 Å². The lowest BCUT2D eigenvalue weighted by atomic mass is 9.90. The number of nitrogens with two attached hydrogens (primary N) is 1. The molecule has 0 radical (unpaired) electrons. The van der Waals surface area contributed by atoms with Gasteiger partial charge in [-0.25, -0.2) is 14.8 Å². The summed E-state index contributed by atoms with van der Waals surface area (Å²) in [5.74, 6) is -0.927. The number of nitrogens with zero attached hydrogens (tertiary/aromatic N) is 8. The third-order valence-corrected chi connectivity index (χ3v) is 10.3. The second kappa shape index (κ2) is 15.1. The predicted molar refractivity (Wildman–Crippen MR) is 203 cm³/mol. The van der Waals surface area contributed by atoms with E-state index in [4.69, 9.17) is 25.5 Å². The van der Waals surface area contributed by atoms with Crippen LogP contribution in [0.4, 0.5) is 11.9 Å². The van der Waals surface area contributed by atoms with E-state index in [1.165, 1.54) is 7.11 Å². The Balaban J connectivity index is 1.25. The summed E-state index contributed by atoms with van der Waals surface area (Å²) in [6.07, 6.45) is 4.57. The SMILES string of the molecule is CCN1N=C(C)C2CCCCCn3nc(C)cc3C(=O)Nc3nc4cc(C(=O)OC)ccc4n3CCCCn3c(nc4cc(C(N)=O)ccc43)NC(=O)C21. The number of nitrogens with one attached hydrogen (secondary N) is 2. The van der Waals surface area contributed by atoms with Crippen molar-refractivity contribution in [2.24, 2.45) is 16.8 Å². The first-order chi connectivity index (χ1) is 26.1. The summed E-state index contributed by atoms with van der Waals surface area (Å²) in [5, 5.41) is 17.4. The number of ether oxygens (including phenoxy) is 1. The molecule has 282 valence electrons. The first-order valence-electron chi connectivity index (χ1n) is 18.4. The number of hydrogen-bond donors (Lipinski definition) is 3. The largest absolute Gasteiger partial charge is 0.465 e. The maximum Gasteiger partial charge on any atom is 0.337 e. The van der Waals surface area contributed by atoms with Crippen molar-refractivity contribution in [1.82, 2.24) is 33.9 Å². The number of aryl methyl sites for hydroxylation is 4. The number of carbonyl (C=O) groups is 4. The average Bonchev–Trinajstić information content (AvgIpc) is 3.89. The summed E-state index contributed by atoms with van der Waals surface area (Å²) in [6, 6.07) is 11.5. The van der Waals surface area contributed by atoms with Crippen molar-refractivity contribution in [2.75, 3.05) is 24.3 Å². The van der Waals surface area contributed by atoms with Gasteiger partial charge in [0.1, 0.15) is 11.7 Å². The minimum atomic E-state index is -0.564. The quantitative estimate of drug-likeness (QED) is 0.220. The van der Waals surface area contributed by atoms with E-state index in [2.05, 4.69) is 15.7 Å². The first-order valence-corrected chi connectivity index (χ1v) is 18.4.